The maximum atomic E-state index is 11.2. The molecular formula is C10H20N2O3. The van der Waals surface area contributed by atoms with E-state index in [4.69, 9.17) is 9.47 Å². The number of methoxy groups -OCH3 is 1. The van der Waals surface area contributed by atoms with Gasteiger partial charge in [-0.3, -0.25) is 4.79 Å². The summed E-state index contributed by atoms with van der Waals surface area (Å²) in [7, 11) is 1.61. The smallest absolute Gasteiger partial charge is 0.234 e. The van der Waals surface area contributed by atoms with Gasteiger partial charge in [-0.2, -0.15) is 0 Å². The lowest BCUT2D eigenvalue weighted by Gasteiger charge is -2.38. The van der Waals surface area contributed by atoms with E-state index >= 15 is 0 Å². The monoisotopic (exact) mass is 216 g/mol. The molecule has 1 saturated heterocycles. The molecular weight excluding hydrogens is 196 g/mol. The molecule has 0 saturated carbocycles. The van der Waals surface area contributed by atoms with Gasteiger partial charge in [0.1, 0.15) is 0 Å². The fourth-order valence-corrected chi connectivity index (χ4v) is 1.39. The quantitative estimate of drug-likeness (QED) is 0.557. The molecule has 5 heteroatoms. The van der Waals surface area contributed by atoms with Gasteiger partial charge in [0.2, 0.25) is 5.91 Å². The highest BCUT2D eigenvalue weighted by atomic mass is 16.5. The Morgan fingerprint density at radius 2 is 2.27 bits per heavy atom. The van der Waals surface area contributed by atoms with Gasteiger partial charge in [-0.05, 0) is 0 Å². The molecule has 0 radical (unpaired) electrons. The molecule has 5 nitrogen and oxygen atoms in total. The Balaban J connectivity index is 1.97. The molecule has 0 aromatic carbocycles. The number of carbonyl (C=O) groups excluding carboxylic acids is 1. The van der Waals surface area contributed by atoms with Gasteiger partial charge < -0.3 is 20.1 Å². The van der Waals surface area contributed by atoms with Crippen molar-refractivity contribution in [3.8, 4) is 0 Å². The summed E-state index contributed by atoms with van der Waals surface area (Å²) in [5.74, 6) is 0.0101. The summed E-state index contributed by atoms with van der Waals surface area (Å²) in [6.07, 6.45) is 0. The molecule has 0 spiro atoms. The van der Waals surface area contributed by atoms with Crippen LogP contribution in [0.1, 0.15) is 6.92 Å². The molecule has 1 aliphatic rings. The minimum Gasteiger partial charge on any atom is -0.383 e. The van der Waals surface area contributed by atoms with E-state index in [9.17, 15) is 4.79 Å². The van der Waals surface area contributed by atoms with E-state index in [1.165, 1.54) is 0 Å². The maximum Gasteiger partial charge on any atom is 0.234 e. The van der Waals surface area contributed by atoms with Crippen molar-refractivity contribution >= 4 is 5.91 Å². The van der Waals surface area contributed by atoms with Crippen LogP contribution >= 0.6 is 0 Å². The van der Waals surface area contributed by atoms with Crippen molar-refractivity contribution in [3.63, 3.8) is 0 Å². The van der Waals surface area contributed by atoms with Crippen LogP contribution in [0.2, 0.25) is 0 Å². The number of ether oxygens (including phenoxy) is 2. The predicted octanol–water partition coefficient (Wildman–Crippen LogP) is -0.625. The van der Waals surface area contributed by atoms with Gasteiger partial charge in [-0.25, -0.2) is 0 Å². The molecule has 0 bridgehead atoms. The van der Waals surface area contributed by atoms with Gasteiger partial charge in [-0.15, -0.1) is 0 Å². The molecule has 0 aromatic heterocycles. The first-order chi connectivity index (χ1) is 7.16. The average Bonchev–Trinajstić information content (AvgIpc) is 2.16. The SMILES string of the molecule is COCCNC(=O)CNCC1(C)COC1. The molecule has 15 heavy (non-hydrogen) atoms. The van der Waals surface area contributed by atoms with Crippen molar-refractivity contribution in [1.82, 2.24) is 10.6 Å². The second kappa shape index (κ2) is 6.05. The van der Waals surface area contributed by atoms with Crippen molar-refractivity contribution in [2.75, 3.05) is 46.6 Å². The molecule has 1 heterocycles. The highest BCUT2D eigenvalue weighted by Crippen LogP contribution is 2.24. The Hall–Kier alpha value is -0.650. The van der Waals surface area contributed by atoms with Crippen LogP contribution in [0.4, 0.5) is 0 Å². The van der Waals surface area contributed by atoms with Crippen LogP contribution in [-0.2, 0) is 14.3 Å². The zero-order valence-corrected chi connectivity index (χ0v) is 9.47. The van der Waals surface area contributed by atoms with E-state index in [1.54, 1.807) is 7.11 Å². The summed E-state index contributed by atoms with van der Waals surface area (Å²) in [6, 6.07) is 0. The number of rotatable bonds is 7. The normalized spacial score (nSPS) is 18.3. The Morgan fingerprint density at radius 1 is 1.53 bits per heavy atom. The van der Waals surface area contributed by atoms with E-state index in [0.717, 1.165) is 19.8 Å². The Kier molecular flexibility index (Phi) is 5.01. The molecule has 88 valence electrons. The minimum atomic E-state index is 0.0101. The van der Waals surface area contributed by atoms with Crippen LogP contribution in [0.15, 0.2) is 0 Å². The van der Waals surface area contributed by atoms with Gasteiger partial charge in [0.25, 0.3) is 0 Å². The number of hydrogen-bond acceptors (Lipinski definition) is 4. The van der Waals surface area contributed by atoms with Crippen molar-refractivity contribution in [2.45, 2.75) is 6.92 Å². The summed E-state index contributed by atoms with van der Waals surface area (Å²) in [5, 5.41) is 5.87. The van der Waals surface area contributed by atoms with Crippen LogP contribution in [0, 0.1) is 5.41 Å². The molecule has 0 unspecified atom stereocenters. The summed E-state index contributed by atoms with van der Waals surface area (Å²) in [6.45, 7) is 6.02. The lowest BCUT2D eigenvalue weighted by Crippen LogP contribution is -2.49. The van der Waals surface area contributed by atoms with Crippen LogP contribution < -0.4 is 10.6 Å². The summed E-state index contributed by atoms with van der Waals surface area (Å²) >= 11 is 0. The van der Waals surface area contributed by atoms with Gasteiger partial charge in [-0.1, -0.05) is 6.92 Å². The molecule has 1 aliphatic heterocycles. The third-order valence-electron chi connectivity index (χ3n) is 2.37. The molecule has 1 fully saturated rings. The van der Waals surface area contributed by atoms with Gasteiger partial charge in [0, 0.05) is 25.6 Å². The Bertz CT molecular complexity index is 205. The third kappa shape index (κ3) is 4.59. The average molecular weight is 216 g/mol. The molecule has 0 aliphatic carbocycles. The molecule has 2 N–H and O–H groups in total. The van der Waals surface area contributed by atoms with E-state index in [-0.39, 0.29) is 11.3 Å². The molecule has 0 atom stereocenters. The highest BCUT2D eigenvalue weighted by Gasteiger charge is 2.32. The van der Waals surface area contributed by atoms with E-state index in [2.05, 4.69) is 17.6 Å². The number of carbonyl (C=O) groups is 1. The van der Waals surface area contributed by atoms with E-state index in [0.29, 0.717) is 19.7 Å². The lowest BCUT2D eigenvalue weighted by atomic mass is 9.89. The first-order valence-electron chi connectivity index (χ1n) is 5.20. The summed E-state index contributed by atoms with van der Waals surface area (Å²) < 4.78 is 9.94. The van der Waals surface area contributed by atoms with Gasteiger partial charge in [0.15, 0.2) is 0 Å². The molecule has 0 aromatic rings. The largest absolute Gasteiger partial charge is 0.383 e. The lowest BCUT2D eigenvalue weighted by molar-refractivity contribution is -0.121. The topological polar surface area (TPSA) is 59.6 Å². The van der Waals surface area contributed by atoms with E-state index in [1.807, 2.05) is 0 Å². The van der Waals surface area contributed by atoms with Crippen molar-refractivity contribution in [2.24, 2.45) is 5.41 Å². The fourth-order valence-electron chi connectivity index (χ4n) is 1.39. The van der Waals surface area contributed by atoms with Gasteiger partial charge in [0.05, 0.1) is 26.4 Å². The van der Waals surface area contributed by atoms with Crippen LogP contribution in [0.25, 0.3) is 0 Å². The summed E-state index contributed by atoms with van der Waals surface area (Å²) in [5.41, 5.74) is 0.215. The highest BCUT2D eigenvalue weighted by molar-refractivity contribution is 5.77. The van der Waals surface area contributed by atoms with Crippen molar-refractivity contribution < 1.29 is 14.3 Å². The maximum absolute atomic E-state index is 11.2. The first-order valence-corrected chi connectivity index (χ1v) is 5.20. The minimum absolute atomic E-state index is 0.0101. The number of hydrogen-bond donors (Lipinski definition) is 2. The zero-order valence-electron chi connectivity index (χ0n) is 9.47. The zero-order chi connectivity index (χ0) is 11.1. The first kappa shape index (κ1) is 12.4. The predicted molar refractivity (Wildman–Crippen MR) is 56.7 cm³/mol. The standard InChI is InChI=1S/C10H20N2O3/c1-10(7-15-8-10)6-11-5-9(13)12-3-4-14-2/h11H,3-8H2,1-2H3,(H,12,13). The Morgan fingerprint density at radius 3 is 2.80 bits per heavy atom. The molecule has 1 amide bonds. The second-order valence-electron chi connectivity index (χ2n) is 4.25. The van der Waals surface area contributed by atoms with Crippen molar-refractivity contribution in [3.05, 3.63) is 0 Å². The number of amides is 1. The van der Waals surface area contributed by atoms with Crippen molar-refractivity contribution in [1.29, 1.82) is 0 Å². The van der Waals surface area contributed by atoms with Crippen LogP contribution in [0.5, 0.6) is 0 Å². The fraction of sp³-hybridized carbons (Fsp3) is 0.900. The second-order valence-corrected chi connectivity index (χ2v) is 4.25. The number of nitrogens with one attached hydrogen (secondary N) is 2. The van der Waals surface area contributed by atoms with E-state index < -0.39 is 0 Å². The van der Waals surface area contributed by atoms with Gasteiger partial charge >= 0.3 is 0 Å². The summed E-state index contributed by atoms with van der Waals surface area (Å²) in [4.78, 5) is 11.2. The third-order valence-corrected chi connectivity index (χ3v) is 2.37. The Labute approximate surface area is 90.5 Å². The van der Waals surface area contributed by atoms with Crippen LogP contribution in [0.3, 0.4) is 0 Å². The molecule has 1 rings (SSSR count). The van der Waals surface area contributed by atoms with Crippen LogP contribution in [-0.4, -0.2) is 52.5 Å².